The first-order valence-electron chi connectivity index (χ1n) is 7.46. The minimum absolute atomic E-state index is 0.0300. The summed E-state index contributed by atoms with van der Waals surface area (Å²) in [6, 6.07) is 0. The predicted octanol–water partition coefficient (Wildman–Crippen LogP) is 4.47. The Hall–Kier alpha value is -1.12. The van der Waals surface area contributed by atoms with Crippen LogP contribution in [0.2, 0.25) is 0 Å². The summed E-state index contributed by atoms with van der Waals surface area (Å²) in [5, 5.41) is 10.3. The van der Waals surface area contributed by atoms with E-state index >= 15 is 0 Å². The Kier molecular flexibility index (Phi) is 4.83. The topological polar surface area (TPSA) is 49.7 Å². The number of carbonyl (C=O) groups is 1. The lowest BCUT2D eigenvalue weighted by Gasteiger charge is -2.31. The van der Waals surface area contributed by atoms with Crippen molar-refractivity contribution in [3.8, 4) is 0 Å². The zero-order chi connectivity index (χ0) is 15.7. The molecule has 0 heterocycles. The zero-order valence-electron chi connectivity index (χ0n) is 14.0. The van der Waals surface area contributed by atoms with Crippen LogP contribution in [0.1, 0.15) is 67.7 Å². The van der Waals surface area contributed by atoms with Crippen molar-refractivity contribution in [2.45, 2.75) is 73.3 Å². The Labute approximate surface area is 123 Å². The Bertz CT molecular complexity index is 448. The first-order chi connectivity index (χ1) is 8.91. The second-order valence-corrected chi connectivity index (χ2v) is 8.09. The quantitative estimate of drug-likeness (QED) is 0.775. The number of nitrogens with zero attached hydrogens (tertiary/aromatic N) is 1. The highest BCUT2D eigenvalue weighted by Gasteiger charge is 2.35. The van der Waals surface area contributed by atoms with Gasteiger partial charge in [-0.3, -0.25) is 9.79 Å². The fraction of sp³-hybridized carbons (Fsp3) is 0.765. The molecule has 0 unspecified atom stereocenters. The molecular weight excluding hydrogens is 250 g/mol. The van der Waals surface area contributed by atoms with E-state index < -0.39 is 0 Å². The molecule has 1 rings (SSSR count). The van der Waals surface area contributed by atoms with E-state index in [9.17, 15) is 9.90 Å². The van der Waals surface area contributed by atoms with Crippen LogP contribution in [0.25, 0.3) is 0 Å². The fourth-order valence-corrected chi connectivity index (χ4v) is 2.61. The summed E-state index contributed by atoms with van der Waals surface area (Å²) in [5.74, 6) is 0.649. The minimum atomic E-state index is -0.245. The summed E-state index contributed by atoms with van der Waals surface area (Å²) in [4.78, 5) is 17.1. The largest absolute Gasteiger partial charge is 0.511 e. The van der Waals surface area contributed by atoms with Crippen LogP contribution < -0.4 is 0 Å². The molecule has 0 aromatic heterocycles. The minimum Gasteiger partial charge on any atom is -0.511 e. The van der Waals surface area contributed by atoms with Gasteiger partial charge < -0.3 is 5.11 Å². The molecule has 114 valence electrons. The van der Waals surface area contributed by atoms with Gasteiger partial charge in [0.25, 0.3) is 0 Å². The summed E-state index contributed by atoms with van der Waals surface area (Å²) < 4.78 is 0. The van der Waals surface area contributed by atoms with Crippen molar-refractivity contribution in [2.24, 2.45) is 16.3 Å². The lowest BCUT2D eigenvalue weighted by Crippen LogP contribution is -2.31. The number of aliphatic hydroxyl groups is 1. The first kappa shape index (κ1) is 16.9. The molecule has 3 nitrogen and oxygen atoms in total. The van der Waals surface area contributed by atoms with E-state index in [1.165, 1.54) is 0 Å². The molecule has 0 amide bonds. The van der Waals surface area contributed by atoms with Crippen LogP contribution in [0.3, 0.4) is 0 Å². The number of aliphatic hydroxyl groups excluding tert-OH is 1. The molecule has 0 aromatic carbocycles. The Morgan fingerprint density at radius 2 is 1.85 bits per heavy atom. The van der Waals surface area contributed by atoms with Gasteiger partial charge >= 0.3 is 0 Å². The number of Topliss-reactive ketones (excluding diaryl/α,β-unsaturated/α-hetero) is 1. The molecule has 1 N–H and O–H groups in total. The number of rotatable bonds is 3. The Balaban J connectivity index is 3.27. The van der Waals surface area contributed by atoms with Gasteiger partial charge in [-0.2, -0.15) is 0 Å². The monoisotopic (exact) mass is 279 g/mol. The van der Waals surface area contributed by atoms with Gasteiger partial charge in [-0.15, -0.1) is 0 Å². The normalized spacial score (nSPS) is 20.8. The molecule has 1 aliphatic rings. The van der Waals surface area contributed by atoms with Crippen molar-refractivity contribution in [1.29, 1.82) is 0 Å². The number of aliphatic imine (C=N–C) groups is 1. The van der Waals surface area contributed by atoms with E-state index in [-0.39, 0.29) is 22.5 Å². The van der Waals surface area contributed by atoms with Gasteiger partial charge in [0.05, 0.1) is 11.1 Å². The molecular formula is C17H29NO2. The third-order valence-electron chi connectivity index (χ3n) is 3.21. The molecule has 0 spiro atoms. The van der Waals surface area contributed by atoms with Crippen molar-refractivity contribution >= 4 is 11.5 Å². The second kappa shape index (κ2) is 5.71. The summed E-state index contributed by atoms with van der Waals surface area (Å²) >= 11 is 0. The number of hydrogen-bond donors (Lipinski definition) is 1. The van der Waals surface area contributed by atoms with Crippen LogP contribution in [-0.2, 0) is 4.79 Å². The molecule has 20 heavy (non-hydrogen) atoms. The molecule has 0 fully saturated rings. The van der Waals surface area contributed by atoms with Crippen molar-refractivity contribution in [1.82, 2.24) is 0 Å². The van der Waals surface area contributed by atoms with Gasteiger partial charge in [-0.1, -0.05) is 27.7 Å². The maximum atomic E-state index is 12.4. The number of carbonyl (C=O) groups excluding carboxylic acids is 1. The average Bonchev–Trinajstić information content (AvgIpc) is 2.08. The number of allylic oxidation sites excluding steroid dienone is 2. The van der Waals surface area contributed by atoms with Crippen molar-refractivity contribution < 1.29 is 9.90 Å². The second-order valence-electron chi connectivity index (χ2n) is 8.09. The maximum absolute atomic E-state index is 12.4. The summed E-state index contributed by atoms with van der Waals surface area (Å²) in [6.07, 6.45) is 1.76. The van der Waals surface area contributed by atoms with Crippen LogP contribution >= 0.6 is 0 Å². The van der Waals surface area contributed by atoms with Crippen LogP contribution in [0.4, 0.5) is 0 Å². The standard InChI is InChI=1S/C17H29NO2/c1-11(2)8-12(18-16(3,4)5)15-13(19)9-17(6,7)10-14(15)20/h11,19H,8-10H2,1-7H3. The average molecular weight is 279 g/mol. The van der Waals surface area contributed by atoms with E-state index in [0.717, 1.165) is 12.1 Å². The van der Waals surface area contributed by atoms with Gasteiger partial charge in [-0.05, 0) is 38.5 Å². The first-order valence-corrected chi connectivity index (χ1v) is 7.46. The zero-order valence-corrected chi connectivity index (χ0v) is 14.0. The van der Waals surface area contributed by atoms with Crippen molar-refractivity contribution in [3.05, 3.63) is 11.3 Å². The third-order valence-corrected chi connectivity index (χ3v) is 3.21. The lowest BCUT2D eigenvalue weighted by atomic mass is 9.75. The molecule has 0 aliphatic heterocycles. The molecule has 0 radical (unpaired) electrons. The van der Waals surface area contributed by atoms with Gasteiger partial charge in [-0.25, -0.2) is 0 Å². The van der Waals surface area contributed by atoms with E-state index in [2.05, 4.69) is 13.8 Å². The van der Waals surface area contributed by atoms with Crippen LogP contribution in [0, 0.1) is 11.3 Å². The van der Waals surface area contributed by atoms with Gasteiger partial charge in [0, 0.05) is 18.6 Å². The highest BCUT2D eigenvalue weighted by Crippen LogP contribution is 2.37. The molecule has 0 saturated heterocycles. The SMILES string of the molecule is CC(C)CC(=NC(C)(C)C)C1=C(O)CC(C)(C)CC1=O. The van der Waals surface area contributed by atoms with E-state index in [1.54, 1.807) is 0 Å². The highest BCUT2D eigenvalue weighted by atomic mass is 16.3. The Morgan fingerprint density at radius 3 is 2.25 bits per heavy atom. The van der Waals surface area contributed by atoms with Crippen LogP contribution in [0.5, 0.6) is 0 Å². The highest BCUT2D eigenvalue weighted by molar-refractivity contribution is 6.23. The van der Waals surface area contributed by atoms with Crippen molar-refractivity contribution in [3.63, 3.8) is 0 Å². The van der Waals surface area contributed by atoms with Gasteiger partial charge in [0.2, 0.25) is 0 Å². The Morgan fingerprint density at radius 1 is 1.30 bits per heavy atom. The van der Waals surface area contributed by atoms with Crippen molar-refractivity contribution in [2.75, 3.05) is 0 Å². The lowest BCUT2D eigenvalue weighted by molar-refractivity contribution is -0.117. The summed E-state index contributed by atoms with van der Waals surface area (Å²) in [7, 11) is 0. The molecule has 0 atom stereocenters. The number of hydrogen-bond acceptors (Lipinski definition) is 3. The molecule has 0 aromatic rings. The predicted molar refractivity (Wildman–Crippen MR) is 84.3 cm³/mol. The molecule has 1 aliphatic carbocycles. The van der Waals surface area contributed by atoms with E-state index in [0.29, 0.717) is 24.3 Å². The summed E-state index contributed by atoms with van der Waals surface area (Å²) in [6.45, 7) is 14.3. The van der Waals surface area contributed by atoms with Crippen LogP contribution in [-0.4, -0.2) is 22.1 Å². The smallest absolute Gasteiger partial charge is 0.168 e. The van der Waals surface area contributed by atoms with Gasteiger partial charge in [0.1, 0.15) is 5.76 Å². The maximum Gasteiger partial charge on any atom is 0.168 e. The number of ketones is 1. The molecule has 0 saturated carbocycles. The van der Waals surface area contributed by atoms with E-state index in [4.69, 9.17) is 4.99 Å². The molecule has 0 bridgehead atoms. The summed E-state index contributed by atoms with van der Waals surface area (Å²) in [5.41, 5.74) is 0.846. The van der Waals surface area contributed by atoms with E-state index in [1.807, 2.05) is 34.6 Å². The van der Waals surface area contributed by atoms with Gasteiger partial charge in [0.15, 0.2) is 5.78 Å². The van der Waals surface area contributed by atoms with Crippen LogP contribution in [0.15, 0.2) is 16.3 Å². The third kappa shape index (κ3) is 4.77. The molecule has 3 heteroatoms. The fourth-order valence-electron chi connectivity index (χ4n) is 2.61.